The third-order valence-corrected chi connectivity index (χ3v) is 2.54. The quantitative estimate of drug-likeness (QED) is 0.434. The molecule has 0 aromatic carbocycles. The van der Waals surface area contributed by atoms with Crippen LogP contribution in [-0.4, -0.2) is 28.0 Å². The summed E-state index contributed by atoms with van der Waals surface area (Å²) in [4.78, 5) is 9.31. The molecule has 0 aliphatic rings. The van der Waals surface area contributed by atoms with E-state index in [2.05, 4.69) is 12.6 Å². The van der Waals surface area contributed by atoms with Gasteiger partial charge in [0.15, 0.2) is 4.87 Å². The fourth-order valence-corrected chi connectivity index (χ4v) is 1.45. The molecule has 0 bridgehead atoms. The maximum Gasteiger partial charge on any atom is 0.334 e. The van der Waals surface area contributed by atoms with Gasteiger partial charge in [-0.3, -0.25) is 0 Å². The number of thiol groups is 1. The maximum atomic E-state index is 10.5. The van der Waals surface area contributed by atoms with E-state index in [-0.39, 0.29) is 0 Å². The molecule has 0 aliphatic carbocycles. The maximum absolute atomic E-state index is 10.5. The zero-order valence-corrected chi connectivity index (χ0v) is 7.41. The van der Waals surface area contributed by atoms with E-state index in [0.717, 1.165) is 11.8 Å². The first-order valence-electron chi connectivity index (χ1n) is 2.75. The van der Waals surface area contributed by atoms with E-state index < -0.39 is 10.8 Å². The summed E-state index contributed by atoms with van der Waals surface area (Å²) in [6.07, 6.45) is 2.06. The van der Waals surface area contributed by atoms with Gasteiger partial charge >= 0.3 is 5.97 Å². The van der Waals surface area contributed by atoms with Crippen molar-refractivity contribution in [3.8, 4) is 0 Å². The Labute approximate surface area is 69.8 Å². The average molecular weight is 181 g/mol. The van der Waals surface area contributed by atoms with Crippen LogP contribution in [0, 0.1) is 0 Å². The molecule has 10 heavy (non-hydrogen) atoms. The highest BCUT2D eigenvalue weighted by Crippen LogP contribution is 2.20. The molecule has 0 amide bonds. The van der Waals surface area contributed by atoms with Crippen molar-refractivity contribution in [2.24, 2.45) is 5.73 Å². The second-order valence-electron chi connectivity index (χ2n) is 1.87. The molecular formula is C5H11NO2S2. The SMILES string of the molecule is CS[C@](N)(CCS)C(=O)O. The van der Waals surface area contributed by atoms with E-state index in [1.165, 1.54) is 0 Å². The van der Waals surface area contributed by atoms with Crippen LogP contribution in [0.1, 0.15) is 6.42 Å². The standard InChI is InChI=1S/C5H11NO2S2/c1-10-5(6,2-3-9)4(7)8/h9H,2-3,6H2,1H3,(H,7,8)/t5-/m1/s1. The number of aliphatic carboxylic acids is 1. The van der Waals surface area contributed by atoms with Crippen LogP contribution >= 0.6 is 24.4 Å². The molecule has 0 rings (SSSR count). The molecule has 0 spiro atoms. The lowest BCUT2D eigenvalue weighted by Gasteiger charge is -2.20. The second kappa shape index (κ2) is 4.10. The number of hydrogen-bond donors (Lipinski definition) is 3. The predicted molar refractivity (Wildman–Crippen MR) is 46.5 cm³/mol. The summed E-state index contributed by atoms with van der Waals surface area (Å²) in [5.74, 6) is -0.488. The number of rotatable bonds is 4. The molecule has 0 aromatic rings. The smallest absolute Gasteiger partial charge is 0.334 e. The summed E-state index contributed by atoms with van der Waals surface area (Å²) >= 11 is 5.04. The Hall–Kier alpha value is 0.130. The first kappa shape index (κ1) is 10.1. The summed E-state index contributed by atoms with van der Waals surface area (Å²) in [7, 11) is 0. The van der Waals surface area contributed by atoms with Crippen LogP contribution in [0.25, 0.3) is 0 Å². The van der Waals surface area contributed by atoms with Gasteiger partial charge in [0.2, 0.25) is 0 Å². The third-order valence-electron chi connectivity index (χ3n) is 1.21. The normalized spacial score (nSPS) is 16.3. The molecule has 0 saturated carbocycles. The monoisotopic (exact) mass is 181 g/mol. The van der Waals surface area contributed by atoms with E-state index in [1.54, 1.807) is 6.26 Å². The average Bonchev–Trinajstić information content (AvgIpc) is 1.88. The number of thioether (sulfide) groups is 1. The van der Waals surface area contributed by atoms with Gasteiger partial charge in [-0.25, -0.2) is 4.79 Å². The molecule has 0 radical (unpaired) electrons. The lowest BCUT2D eigenvalue weighted by Crippen LogP contribution is -2.44. The van der Waals surface area contributed by atoms with Crippen molar-refractivity contribution in [1.82, 2.24) is 0 Å². The first-order valence-corrected chi connectivity index (χ1v) is 4.61. The predicted octanol–water partition coefficient (Wildman–Crippen LogP) is 0.409. The van der Waals surface area contributed by atoms with Crippen LogP contribution in [0.5, 0.6) is 0 Å². The van der Waals surface area contributed by atoms with E-state index >= 15 is 0 Å². The Morgan fingerprint density at radius 2 is 2.40 bits per heavy atom. The third kappa shape index (κ3) is 2.40. The Morgan fingerprint density at radius 3 is 2.50 bits per heavy atom. The van der Waals surface area contributed by atoms with Crippen molar-refractivity contribution < 1.29 is 9.90 Å². The van der Waals surface area contributed by atoms with Gasteiger partial charge < -0.3 is 10.8 Å². The van der Waals surface area contributed by atoms with Gasteiger partial charge in [-0.15, -0.1) is 11.8 Å². The number of hydrogen-bond acceptors (Lipinski definition) is 4. The zero-order valence-electron chi connectivity index (χ0n) is 5.70. The molecule has 0 heterocycles. The first-order chi connectivity index (χ1) is 4.56. The Kier molecular flexibility index (Phi) is 4.15. The molecule has 60 valence electrons. The molecule has 0 unspecified atom stereocenters. The Morgan fingerprint density at radius 1 is 1.90 bits per heavy atom. The van der Waals surface area contributed by atoms with E-state index in [1.807, 2.05) is 0 Å². The Balaban J connectivity index is 4.08. The fraction of sp³-hybridized carbons (Fsp3) is 0.800. The van der Waals surface area contributed by atoms with Crippen LogP contribution in [0.3, 0.4) is 0 Å². The van der Waals surface area contributed by atoms with Gasteiger partial charge in [0.25, 0.3) is 0 Å². The lowest BCUT2D eigenvalue weighted by atomic mass is 10.2. The highest BCUT2D eigenvalue weighted by molar-refractivity contribution is 8.00. The van der Waals surface area contributed by atoms with E-state index in [0.29, 0.717) is 12.2 Å². The van der Waals surface area contributed by atoms with Gasteiger partial charge in [0, 0.05) is 0 Å². The molecule has 1 atom stereocenters. The van der Waals surface area contributed by atoms with Crippen molar-refractivity contribution in [2.75, 3.05) is 12.0 Å². The number of carboxylic acid groups (broad SMARTS) is 1. The largest absolute Gasteiger partial charge is 0.479 e. The summed E-state index contributed by atoms with van der Waals surface area (Å²) < 4.78 is 0. The minimum absolute atomic E-state index is 0.382. The fourth-order valence-electron chi connectivity index (χ4n) is 0.462. The lowest BCUT2D eigenvalue weighted by molar-refractivity contribution is -0.139. The highest BCUT2D eigenvalue weighted by Gasteiger charge is 2.31. The summed E-state index contributed by atoms with van der Waals surface area (Å²) in [5.41, 5.74) is 5.47. The second-order valence-corrected chi connectivity index (χ2v) is 3.46. The van der Waals surface area contributed by atoms with Gasteiger partial charge in [-0.1, -0.05) is 0 Å². The molecule has 0 saturated heterocycles. The van der Waals surface area contributed by atoms with Gasteiger partial charge in [0.1, 0.15) is 0 Å². The minimum Gasteiger partial charge on any atom is -0.479 e. The van der Waals surface area contributed by atoms with Crippen LogP contribution in [0.15, 0.2) is 0 Å². The van der Waals surface area contributed by atoms with E-state index in [4.69, 9.17) is 10.8 Å². The molecular weight excluding hydrogens is 170 g/mol. The Bertz CT molecular complexity index is 131. The molecule has 3 nitrogen and oxygen atoms in total. The molecule has 0 aromatic heterocycles. The van der Waals surface area contributed by atoms with Crippen LogP contribution < -0.4 is 5.73 Å². The van der Waals surface area contributed by atoms with Crippen molar-refractivity contribution in [3.63, 3.8) is 0 Å². The summed E-state index contributed by atoms with van der Waals surface area (Å²) in [5, 5.41) is 8.58. The van der Waals surface area contributed by atoms with E-state index in [9.17, 15) is 4.79 Å². The molecule has 3 N–H and O–H groups in total. The molecule has 0 aliphatic heterocycles. The summed E-state index contributed by atoms with van der Waals surface area (Å²) in [6, 6.07) is 0. The van der Waals surface area contributed by atoms with Gasteiger partial charge in [-0.2, -0.15) is 12.6 Å². The van der Waals surface area contributed by atoms with Crippen LogP contribution in [0.2, 0.25) is 0 Å². The van der Waals surface area contributed by atoms with Crippen LogP contribution in [0.4, 0.5) is 0 Å². The van der Waals surface area contributed by atoms with Crippen LogP contribution in [-0.2, 0) is 4.79 Å². The van der Waals surface area contributed by atoms with Crippen molar-refractivity contribution in [1.29, 1.82) is 0 Å². The number of carboxylic acids is 1. The van der Waals surface area contributed by atoms with Gasteiger partial charge in [-0.05, 0) is 18.4 Å². The van der Waals surface area contributed by atoms with Crippen molar-refractivity contribution in [3.05, 3.63) is 0 Å². The molecule has 0 fully saturated rings. The van der Waals surface area contributed by atoms with Gasteiger partial charge in [0.05, 0.1) is 0 Å². The molecule has 5 heteroatoms. The number of nitrogens with two attached hydrogens (primary N) is 1. The van der Waals surface area contributed by atoms with Crippen molar-refractivity contribution >= 4 is 30.4 Å². The summed E-state index contributed by atoms with van der Waals surface area (Å²) in [6.45, 7) is 0. The highest BCUT2D eigenvalue weighted by atomic mass is 32.2. The minimum atomic E-state index is -1.15. The van der Waals surface area contributed by atoms with Crippen molar-refractivity contribution in [2.45, 2.75) is 11.3 Å². The topological polar surface area (TPSA) is 63.3 Å². The zero-order chi connectivity index (χ0) is 8.20. The number of carbonyl (C=O) groups is 1.